The van der Waals surface area contributed by atoms with Crippen molar-refractivity contribution in [3.63, 3.8) is 0 Å². The van der Waals surface area contributed by atoms with Gasteiger partial charge in [-0.2, -0.15) is 4.68 Å². The lowest BCUT2D eigenvalue weighted by Gasteiger charge is -2.24. The van der Waals surface area contributed by atoms with Crippen molar-refractivity contribution in [2.45, 2.75) is 32.5 Å². The summed E-state index contributed by atoms with van der Waals surface area (Å²) >= 11 is 5.52. The lowest BCUT2D eigenvalue weighted by molar-refractivity contribution is 0.188. The number of rotatable bonds is 6. The van der Waals surface area contributed by atoms with Crippen LogP contribution < -0.4 is 4.74 Å². The molecule has 28 heavy (non-hydrogen) atoms. The van der Waals surface area contributed by atoms with Crippen LogP contribution in [-0.4, -0.2) is 37.8 Å². The van der Waals surface area contributed by atoms with Crippen molar-refractivity contribution in [3.05, 3.63) is 64.7 Å². The van der Waals surface area contributed by atoms with E-state index < -0.39 is 0 Å². The minimum Gasteiger partial charge on any atom is -0.494 e. The van der Waals surface area contributed by atoms with Gasteiger partial charge in [0.25, 0.3) is 0 Å². The number of hydrogen-bond donors (Lipinski definition) is 0. The van der Waals surface area contributed by atoms with E-state index in [1.165, 1.54) is 22.4 Å². The molecule has 1 fully saturated rings. The van der Waals surface area contributed by atoms with Gasteiger partial charge in [0.15, 0.2) is 0 Å². The first-order chi connectivity index (χ1) is 13.7. The Hall–Kier alpha value is -2.58. The van der Waals surface area contributed by atoms with Crippen molar-refractivity contribution in [2.24, 2.45) is 0 Å². The van der Waals surface area contributed by atoms with Crippen molar-refractivity contribution >= 4 is 12.2 Å². The van der Waals surface area contributed by atoms with E-state index in [0.29, 0.717) is 29.8 Å². The Bertz CT molecular complexity index is 1000. The van der Waals surface area contributed by atoms with Crippen LogP contribution in [0, 0.1) is 10.6 Å². The third-order valence-corrected chi connectivity index (χ3v) is 5.33. The molecule has 1 saturated heterocycles. The van der Waals surface area contributed by atoms with Crippen LogP contribution in [0.1, 0.15) is 31.4 Å². The molecule has 2 heterocycles. The molecule has 1 aliphatic heterocycles. The smallest absolute Gasteiger partial charge is 0.221 e. The van der Waals surface area contributed by atoms with Crippen LogP contribution in [0.4, 0.5) is 4.39 Å². The predicted molar refractivity (Wildman–Crippen MR) is 106 cm³/mol. The summed E-state index contributed by atoms with van der Waals surface area (Å²) < 4.78 is 22.7. The van der Waals surface area contributed by atoms with E-state index in [2.05, 4.69) is 27.5 Å². The van der Waals surface area contributed by atoms with Gasteiger partial charge in [0.2, 0.25) is 4.77 Å². The summed E-state index contributed by atoms with van der Waals surface area (Å²) in [7, 11) is 0. The molecule has 0 radical (unpaired) electrons. The first-order valence-corrected chi connectivity index (χ1v) is 9.82. The molecule has 4 rings (SSSR count). The fourth-order valence-corrected chi connectivity index (χ4v) is 3.87. The highest BCUT2D eigenvalue weighted by molar-refractivity contribution is 7.71. The molecule has 0 saturated carbocycles. The highest BCUT2D eigenvalue weighted by Gasteiger charge is 2.27. The lowest BCUT2D eigenvalue weighted by Crippen LogP contribution is -2.27. The number of benzene rings is 2. The number of halogens is 1. The molecule has 0 N–H and O–H groups in total. The number of aromatic nitrogens is 4. The fraction of sp³-hybridized carbons (Fsp3) is 0.350. The van der Waals surface area contributed by atoms with Crippen LogP contribution in [0.15, 0.2) is 48.5 Å². The quantitative estimate of drug-likeness (QED) is 0.583. The standard InChI is InChI=1S/C20H22FN5OS/c1-2-27-18-10-8-15(9-11-18)19-7-4-12-24(19)14-25-20(28)26(23-22-25)17-6-3-5-16(21)13-17/h3,5-6,8-11,13,19H,2,4,7,12,14H2,1H3/t19-/m1/s1. The topological polar surface area (TPSA) is 48.1 Å². The second kappa shape index (κ2) is 8.20. The summed E-state index contributed by atoms with van der Waals surface area (Å²) in [5, 5.41) is 8.31. The second-order valence-electron chi connectivity index (χ2n) is 6.77. The van der Waals surface area contributed by atoms with Crippen molar-refractivity contribution in [2.75, 3.05) is 13.2 Å². The molecule has 1 aromatic heterocycles. The Kier molecular flexibility index (Phi) is 5.50. The Morgan fingerprint density at radius 2 is 2.00 bits per heavy atom. The second-order valence-corrected chi connectivity index (χ2v) is 7.13. The van der Waals surface area contributed by atoms with Gasteiger partial charge < -0.3 is 4.74 Å². The zero-order valence-corrected chi connectivity index (χ0v) is 16.5. The van der Waals surface area contributed by atoms with E-state index in [4.69, 9.17) is 17.0 Å². The molecule has 0 bridgehead atoms. The van der Waals surface area contributed by atoms with Gasteiger partial charge >= 0.3 is 0 Å². The van der Waals surface area contributed by atoms with Gasteiger partial charge in [-0.05, 0) is 78.3 Å². The number of ether oxygens (including phenoxy) is 1. The van der Waals surface area contributed by atoms with Crippen molar-refractivity contribution in [3.8, 4) is 11.4 Å². The average molecular weight is 399 g/mol. The first-order valence-electron chi connectivity index (χ1n) is 9.41. The van der Waals surface area contributed by atoms with Gasteiger partial charge in [-0.3, -0.25) is 4.90 Å². The maximum absolute atomic E-state index is 13.5. The van der Waals surface area contributed by atoms with Crippen molar-refractivity contribution < 1.29 is 9.13 Å². The van der Waals surface area contributed by atoms with E-state index in [0.717, 1.165) is 25.1 Å². The molecule has 3 aromatic rings. The summed E-state index contributed by atoms with van der Waals surface area (Å²) in [5.74, 6) is 0.556. The fourth-order valence-electron chi connectivity index (χ4n) is 3.63. The molecular weight excluding hydrogens is 377 g/mol. The summed E-state index contributed by atoms with van der Waals surface area (Å²) in [6, 6.07) is 14.8. The molecule has 0 amide bonds. The molecule has 1 atom stereocenters. The van der Waals surface area contributed by atoms with Crippen molar-refractivity contribution in [1.82, 2.24) is 24.7 Å². The van der Waals surface area contributed by atoms with E-state index in [1.54, 1.807) is 16.8 Å². The van der Waals surface area contributed by atoms with E-state index in [-0.39, 0.29) is 5.82 Å². The van der Waals surface area contributed by atoms with Crippen LogP contribution in [0.2, 0.25) is 0 Å². The number of tetrazole rings is 1. The number of hydrogen-bond acceptors (Lipinski definition) is 5. The van der Waals surface area contributed by atoms with Gasteiger partial charge in [0.1, 0.15) is 11.6 Å². The number of likely N-dealkylation sites (tertiary alicyclic amines) is 1. The third kappa shape index (κ3) is 3.83. The van der Waals surface area contributed by atoms with Gasteiger partial charge in [0.05, 0.1) is 19.0 Å². The molecule has 0 unspecified atom stereocenters. The van der Waals surface area contributed by atoms with Gasteiger partial charge in [-0.1, -0.05) is 18.2 Å². The number of nitrogens with zero attached hydrogens (tertiary/aromatic N) is 5. The van der Waals surface area contributed by atoms with Crippen LogP contribution in [0.25, 0.3) is 5.69 Å². The Morgan fingerprint density at radius 3 is 2.75 bits per heavy atom. The maximum atomic E-state index is 13.5. The summed E-state index contributed by atoms with van der Waals surface area (Å²) in [4.78, 5) is 2.34. The minimum atomic E-state index is -0.330. The Labute approximate surface area is 168 Å². The Morgan fingerprint density at radius 1 is 1.18 bits per heavy atom. The molecule has 0 spiro atoms. The van der Waals surface area contributed by atoms with E-state index in [1.807, 2.05) is 19.1 Å². The van der Waals surface area contributed by atoms with Gasteiger partial charge in [-0.25, -0.2) is 9.07 Å². The van der Waals surface area contributed by atoms with E-state index in [9.17, 15) is 4.39 Å². The average Bonchev–Trinajstić information content (AvgIpc) is 3.30. The molecular formula is C20H22FN5OS. The summed E-state index contributed by atoms with van der Waals surface area (Å²) in [6.07, 6.45) is 2.20. The summed E-state index contributed by atoms with van der Waals surface area (Å²) in [5.41, 5.74) is 1.82. The molecule has 6 nitrogen and oxygen atoms in total. The van der Waals surface area contributed by atoms with Gasteiger partial charge in [0, 0.05) is 12.6 Å². The van der Waals surface area contributed by atoms with Crippen LogP contribution in [-0.2, 0) is 6.67 Å². The monoisotopic (exact) mass is 399 g/mol. The van der Waals surface area contributed by atoms with Crippen LogP contribution >= 0.6 is 12.2 Å². The predicted octanol–water partition coefficient (Wildman–Crippen LogP) is 4.13. The Balaban J connectivity index is 1.53. The molecule has 1 aliphatic rings. The molecule has 8 heteroatoms. The van der Waals surface area contributed by atoms with Gasteiger partial charge in [-0.15, -0.1) is 0 Å². The molecule has 146 valence electrons. The zero-order chi connectivity index (χ0) is 19.5. The lowest BCUT2D eigenvalue weighted by atomic mass is 10.0. The van der Waals surface area contributed by atoms with Crippen LogP contribution in [0.3, 0.4) is 0 Å². The summed E-state index contributed by atoms with van der Waals surface area (Å²) in [6.45, 7) is 4.15. The van der Waals surface area contributed by atoms with E-state index >= 15 is 0 Å². The highest BCUT2D eigenvalue weighted by Crippen LogP contribution is 2.33. The largest absolute Gasteiger partial charge is 0.494 e. The normalized spacial score (nSPS) is 17.1. The molecule has 2 aromatic carbocycles. The third-order valence-electron chi connectivity index (χ3n) is 4.95. The maximum Gasteiger partial charge on any atom is 0.221 e. The minimum absolute atomic E-state index is 0.303. The SMILES string of the molecule is CCOc1ccc([C@H]2CCCN2Cn2nnn(-c3cccc(F)c3)c2=S)cc1. The highest BCUT2D eigenvalue weighted by atomic mass is 32.1. The van der Waals surface area contributed by atoms with Crippen molar-refractivity contribution in [1.29, 1.82) is 0 Å². The van der Waals surface area contributed by atoms with Crippen LogP contribution in [0.5, 0.6) is 5.75 Å². The zero-order valence-electron chi connectivity index (χ0n) is 15.7. The molecule has 0 aliphatic carbocycles. The first kappa shape index (κ1) is 18.8.